The molecule has 2 amide bonds. The van der Waals surface area contributed by atoms with E-state index < -0.39 is 0 Å². The molecule has 2 aromatic heterocycles. The molecule has 4 heterocycles. The van der Waals surface area contributed by atoms with Gasteiger partial charge in [-0.3, -0.25) is 0 Å². The summed E-state index contributed by atoms with van der Waals surface area (Å²) < 4.78 is 7.40. The van der Waals surface area contributed by atoms with Crippen molar-refractivity contribution in [1.29, 1.82) is 0 Å². The second-order valence-electron chi connectivity index (χ2n) is 6.47. The van der Waals surface area contributed by atoms with Crippen molar-refractivity contribution in [2.24, 2.45) is 0 Å². The van der Waals surface area contributed by atoms with E-state index in [1.807, 2.05) is 22.6 Å². The lowest BCUT2D eigenvalue weighted by atomic mass is 10.3. The number of imidazole rings is 1. The number of aromatic nitrogens is 3. The van der Waals surface area contributed by atoms with Gasteiger partial charge in [0.05, 0.1) is 25.2 Å². The topological polar surface area (TPSA) is 92.8 Å². The molecule has 9 heteroatoms. The molecule has 0 spiro atoms. The number of amides is 2. The first-order valence-electron chi connectivity index (χ1n) is 8.57. The third-order valence-corrected chi connectivity index (χ3v) is 4.84. The van der Waals surface area contributed by atoms with Gasteiger partial charge in [-0.2, -0.15) is 0 Å². The van der Waals surface area contributed by atoms with Crippen LogP contribution >= 0.6 is 0 Å². The molecule has 9 nitrogen and oxygen atoms in total. The van der Waals surface area contributed by atoms with Crippen LogP contribution in [0.3, 0.4) is 0 Å². The van der Waals surface area contributed by atoms with Crippen LogP contribution in [0.5, 0.6) is 0 Å². The zero-order chi connectivity index (χ0) is 17.4. The third-order valence-electron chi connectivity index (χ3n) is 4.84. The molecule has 0 aromatic carbocycles. The Morgan fingerprint density at radius 3 is 2.72 bits per heavy atom. The lowest BCUT2D eigenvalue weighted by Crippen LogP contribution is -2.36. The summed E-state index contributed by atoms with van der Waals surface area (Å²) in [7, 11) is 1.83. The van der Waals surface area contributed by atoms with Gasteiger partial charge in [0.25, 0.3) is 0 Å². The second kappa shape index (κ2) is 6.40. The Morgan fingerprint density at radius 2 is 2.00 bits per heavy atom. The molecule has 2 aliphatic rings. The van der Waals surface area contributed by atoms with E-state index in [0.717, 1.165) is 43.0 Å². The van der Waals surface area contributed by atoms with E-state index in [2.05, 4.69) is 14.9 Å². The van der Waals surface area contributed by atoms with E-state index in [0.29, 0.717) is 32.1 Å². The zero-order valence-corrected chi connectivity index (χ0v) is 14.4. The molecule has 2 aliphatic heterocycles. The largest absolute Gasteiger partial charge is 0.384 e. The van der Waals surface area contributed by atoms with E-state index >= 15 is 0 Å². The van der Waals surface area contributed by atoms with Crippen LogP contribution in [0.15, 0.2) is 12.4 Å². The Balaban J connectivity index is 1.58. The number of hydrogen-bond donors (Lipinski definition) is 1. The van der Waals surface area contributed by atoms with Crippen LogP contribution in [0.4, 0.5) is 16.3 Å². The van der Waals surface area contributed by atoms with Crippen LogP contribution in [0.2, 0.25) is 0 Å². The first-order chi connectivity index (χ1) is 12.1. The lowest BCUT2D eigenvalue weighted by molar-refractivity contribution is 0.123. The zero-order valence-electron chi connectivity index (χ0n) is 14.4. The van der Waals surface area contributed by atoms with Gasteiger partial charge in [0, 0.05) is 52.4 Å². The number of morpholine rings is 1. The molecule has 0 atom stereocenters. The van der Waals surface area contributed by atoms with E-state index in [1.54, 1.807) is 11.2 Å². The highest BCUT2D eigenvalue weighted by atomic mass is 16.5. The van der Waals surface area contributed by atoms with Gasteiger partial charge < -0.3 is 29.7 Å². The van der Waals surface area contributed by atoms with Crippen LogP contribution < -0.4 is 10.6 Å². The minimum atomic E-state index is 0.0749. The molecular formula is C16H23N7O2. The van der Waals surface area contributed by atoms with E-state index in [-0.39, 0.29) is 6.03 Å². The summed E-state index contributed by atoms with van der Waals surface area (Å²) in [5.74, 6) is 0.479. The molecule has 0 unspecified atom stereocenters. The standard InChI is InChI=1S/C16H23N7O2/c1-20-2-3-22(16(20)24)4-5-23-11-18-14-12(10-13(17)19-15(14)23)21-6-8-25-9-7-21/h10-11H,2-9H2,1H3,(H2,17,19). The number of urea groups is 1. The van der Waals surface area contributed by atoms with Crippen molar-refractivity contribution in [3.05, 3.63) is 12.4 Å². The highest BCUT2D eigenvalue weighted by Crippen LogP contribution is 2.27. The molecule has 2 saturated heterocycles. The second-order valence-corrected chi connectivity index (χ2v) is 6.47. The fourth-order valence-electron chi connectivity index (χ4n) is 3.38. The van der Waals surface area contributed by atoms with E-state index in [4.69, 9.17) is 10.5 Å². The fraction of sp³-hybridized carbons (Fsp3) is 0.562. The summed E-state index contributed by atoms with van der Waals surface area (Å²) in [6.07, 6.45) is 1.78. The lowest BCUT2D eigenvalue weighted by Gasteiger charge is -2.29. The minimum absolute atomic E-state index is 0.0749. The molecular weight excluding hydrogens is 322 g/mol. The van der Waals surface area contributed by atoms with Crippen molar-refractivity contribution in [1.82, 2.24) is 24.3 Å². The van der Waals surface area contributed by atoms with Gasteiger partial charge in [-0.05, 0) is 0 Å². The number of fused-ring (bicyclic) bond motifs is 1. The predicted molar refractivity (Wildman–Crippen MR) is 94.6 cm³/mol. The summed E-state index contributed by atoms with van der Waals surface area (Å²) >= 11 is 0. The average molecular weight is 345 g/mol. The van der Waals surface area contributed by atoms with Crippen molar-refractivity contribution in [2.75, 3.05) is 63.6 Å². The number of carbonyl (C=O) groups is 1. The van der Waals surface area contributed by atoms with Crippen LogP contribution in [-0.2, 0) is 11.3 Å². The first kappa shape index (κ1) is 15.9. The monoisotopic (exact) mass is 345 g/mol. The number of ether oxygens (including phenoxy) is 1. The molecule has 0 radical (unpaired) electrons. The van der Waals surface area contributed by atoms with E-state index in [1.165, 1.54) is 0 Å². The summed E-state index contributed by atoms with van der Waals surface area (Å²) in [5.41, 5.74) is 8.65. The number of hydrogen-bond acceptors (Lipinski definition) is 6. The Labute approximate surface area is 146 Å². The SMILES string of the molecule is CN1CCN(CCn2cnc3c(N4CCOCC4)cc(N)nc32)C1=O. The molecule has 4 rings (SSSR count). The number of likely N-dealkylation sites (N-methyl/N-ethyl adjacent to an activating group) is 1. The number of nitrogen functional groups attached to an aromatic ring is 1. The molecule has 2 fully saturated rings. The number of pyridine rings is 1. The minimum Gasteiger partial charge on any atom is -0.384 e. The Morgan fingerprint density at radius 1 is 1.20 bits per heavy atom. The smallest absolute Gasteiger partial charge is 0.319 e. The quantitative estimate of drug-likeness (QED) is 0.852. The highest BCUT2D eigenvalue weighted by molar-refractivity contribution is 5.88. The van der Waals surface area contributed by atoms with Crippen LogP contribution in [0.1, 0.15) is 0 Å². The Kier molecular flexibility index (Phi) is 4.08. The number of nitrogens with zero attached hydrogens (tertiary/aromatic N) is 6. The summed E-state index contributed by atoms with van der Waals surface area (Å²) in [6, 6.07) is 1.95. The van der Waals surface area contributed by atoms with Crippen LogP contribution in [0, 0.1) is 0 Å². The van der Waals surface area contributed by atoms with E-state index in [9.17, 15) is 4.79 Å². The molecule has 2 aromatic rings. The number of carbonyl (C=O) groups excluding carboxylic acids is 1. The summed E-state index contributed by atoms with van der Waals surface area (Å²) in [4.78, 5) is 26.9. The summed E-state index contributed by atoms with van der Waals surface area (Å²) in [5, 5.41) is 0. The normalized spacial score (nSPS) is 18.6. The first-order valence-corrected chi connectivity index (χ1v) is 8.57. The van der Waals surface area contributed by atoms with Gasteiger partial charge in [-0.25, -0.2) is 14.8 Å². The third kappa shape index (κ3) is 2.95. The van der Waals surface area contributed by atoms with Gasteiger partial charge >= 0.3 is 6.03 Å². The van der Waals surface area contributed by atoms with Crippen molar-refractivity contribution < 1.29 is 9.53 Å². The molecule has 0 saturated carbocycles. The highest BCUT2D eigenvalue weighted by Gasteiger charge is 2.25. The summed E-state index contributed by atoms with van der Waals surface area (Å²) in [6.45, 7) is 5.86. The Hall–Kier alpha value is -2.55. The van der Waals surface area contributed by atoms with Gasteiger partial charge in [-0.1, -0.05) is 0 Å². The van der Waals surface area contributed by atoms with Crippen molar-refractivity contribution >= 4 is 28.7 Å². The average Bonchev–Trinajstić information content (AvgIpc) is 3.17. The Bertz CT molecular complexity index is 784. The fourth-order valence-corrected chi connectivity index (χ4v) is 3.38. The van der Waals surface area contributed by atoms with Gasteiger partial charge in [-0.15, -0.1) is 0 Å². The van der Waals surface area contributed by atoms with Gasteiger partial charge in [0.2, 0.25) is 0 Å². The van der Waals surface area contributed by atoms with Gasteiger partial charge in [0.1, 0.15) is 11.3 Å². The van der Waals surface area contributed by atoms with Crippen molar-refractivity contribution in [3.63, 3.8) is 0 Å². The number of rotatable bonds is 4. The van der Waals surface area contributed by atoms with Crippen molar-refractivity contribution in [3.8, 4) is 0 Å². The maximum atomic E-state index is 12.0. The molecule has 2 N–H and O–H groups in total. The van der Waals surface area contributed by atoms with Crippen LogP contribution in [0.25, 0.3) is 11.2 Å². The van der Waals surface area contributed by atoms with Crippen molar-refractivity contribution in [2.45, 2.75) is 6.54 Å². The molecule has 0 aliphatic carbocycles. The van der Waals surface area contributed by atoms with Gasteiger partial charge in [0.15, 0.2) is 5.65 Å². The van der Waals surface area contributed by atoms with Crippen LogP contribution in [-0.4, -0.2) is 83.4 Å². The maximum Gasteiger partial charge on any atom is 0.319 e. The molecule has 25 heavy (non-hydrogen) atoms. The molecule has 134 valence electrons. The number of nitrogens with two attached hydrogens (primary N) is 1. The number of anilines is 2. The predicted octanol–water partition coefficient (Wildman–Crippen LogP) is 0.218. The molecule has 0 bridgehead atoms. The maximum absolute atomic E-state index is 12.0.